The van der Waals surface area contributed by atoms with Crippen molar-refractivity contribution >= 4 is 0 Å². The summed E-state index contributed by atoms with van der Waals surface area (Å²) in [5, 5.41) is 0. The van der Waals surface area contributed by atoms with Gasteiger partial charge in [0.2, 0.25) is 0 Å². The van der Waals surface area contributed by atoms with Crippen LogP contribution in [0.25, 0.3) is 0 Å². The first-order chi connectivity index (χ1) is 5.69. The van der Waals surface area contributed by atoms with E-state index in [1.165, 1.54) is 12.8 Å². The molecule has 0 saturated carbocycles. The van der Waals surface area contributed by atoms with Gasteiger partial charge in [0, 0.05) is 19.3 Å². The van der Waals surface area contributed by atoms with Crippen molar-refractivity contribution in [1.29, 1.82) is 0 Å². The van der Waals surface area contributed by atoms with Gasteiger partial charge in [-0.2, -0.15) is 0 Å². The fraction of sp³-hybridized carbons (Fsp3) is 0.800. The fourth-order valence-corrected chi connectivity index (χ4v) is 2.04. The van der Waals surface area contributed by atoms with Gasteiger partial charge in [0.25, 0.3) is 0 Å². The first kappa shape index (κ1) is 9.59. The third-order valence-corrected chi connectivity index (χ3v) is 2.59. The maximum atomic E-state index is 2.42. The predicted molar refractivity (Wildman–Crippen MR) is 52.8 cm³/mol. The summed E-state index contributed by atoms with van der Waals surface area (Å²) < 4.78 is 0. The average molecular weight is 168 g/mol. The molecule has 2 heteroatoms. The van der Waals surface area contributed by atoms with Crippen LogP contribution < -0.4 is 0 Å². The molecule has 1 atom stereocenters. The minimum absolute atomic E-state index is 0.672. The van der Waals surface area contributed by atoms with E-state index in [1.807, 2.05) is 0 Å². The second-order valence-corrected chi connectivity index (χ2v) is 3.64. The van der Waals surface area contributed by atoms with E-state index in [2.05, 4.69) is 43.9 Å². The van der Waals surface area contributed by atoms with E-state index in [4.69, 9.17) is 0 Å². The predicted octanol–water partition coefficient (Wildman–Crippen LogP) is 1.89. The van der Waals surface area contributed by atoms with Crippen LogP contribution in [0, 0.1) is 0 Å². The third-order valence-electron chi connectivity index (χ3n) is 2.59. The number of hydrogen-bond acceptors (Lipinski definition) is 2. The van der Waals surface area contributed by atoms with E-state index < -0.39 is 0 Å². The molecule has 0 aromatic rings. The van der Waals surface area contributed by atoms with Crippen LogP contribution >= 0.6 is 0 Å². The van der Waals surface area contributed by atoms with Gasteiger partial charge in [-0.3, -0.25) is 4.90 Å². The van der Waals surface area contributed by atoms with Crippen molar-refractivity contribution in [2.45, 2.75) is 32.7 Å². The monoisotopic (exact) mass is 168 g/mol. The van der Waals surface area contributed by atoms with Gasteiger partial charge in [-0.1, -0.05) is 13.8 Å². The third kappa shape index (κ3) is 1.81. The molecule has 2 nitrogen and oxygen atoms in total. The molecule has 0 spiro atoms. The molecular formula is C10H20N2. The van der Waals surface area contributed by atoms with Gasteiger partial charge in [0.05, 0.1) is 6.67 Å². The first-order valence-corrected chi connectivity index (χ1v) is 4.80. The zero-order valence-corrected chi connectivity index (χ0v) is 8.67. The summed E-state index contributed by atoms with van der Waals surface area (Å²) in [7, 11) is 4.34. The number of rotatable bonds is 2. The average Bonchev–Trinajstić information content (AvgIpc) is 2.03. The molecule has 12 heavy (non-hydrogen) atoms. The Balaban J connectivity index is 2.76. The molecule has 0 bridgehead atoms. The van der Waals surface area contributed by atoms with E-state index >= 15 is 0 Å². The molecule has 1 heterocycles. The lowest BCUT2D eigenvalue weighted by atomic mass is 10.0. The van der Waals surface area contributed by atoms with Gasteiger partial charge >= 0.3 is 0 Å². The van der Waals surface area contributed by atoms with Gasteiger partial charge in [0.15, 0.2) is 0 Å². The van der Waals surface area contributed by atoms with Crippen molar-refractivity contribution in [2.24, 2.45) is 0 Å². The largest absolute Gasteiger partial charge is 0.368 e. The normalized spacial score (nSPS) is 25.8. The lowest BCUT2D eigenvalue weighted by Gasteiger charge is -2.37. The summed E-state index contributed by atoms with van der Waals surface area (Å²) in [5.74, 6) is 0. The Kier molecular flexibility index (Phi) is 3.15. The standard InChI is InChI=1S/C10H20N2/c1-5-9-7-11(3)8-12(4)10(9)6-2/h7,10H,5-6,8H2,1-4H3. The van der Waals surface area contributed by atoms with Crippen LogP contribution in [-0.4, -0.2) is 36.6 Å². The molecule has 0 fully saturated rings. The lowest BCUT2D eigenvalue weighted by Crippen LogP contribution is -2.43. The molecule has 0 aromatic carbocycles. The highest BCUT2D eigenvalue weighted by molar-refractivity contribution is 5.12. The quantitative estimate of drug-likeness (QED) is 0.621. The minimum Gasteiger partial charge on any atom is -0.368 e. The molecule has 0 saturated heterocycles. The van der Waals surface area contributed by atoms with Crippen molar-refractivity contribution < 1.29 is 0 Å². The van der Waals surface area contributed by atoms with Crippen molar-refractivity contribution in [1.82, 2.24) is 9.80 Å². The maximum Gasteiger partial charge on any atom is 0.0700 e. The topological polar surface area (TPSA) is 6.48 Å². The van der Waals surface area contributed by atoms with Crippen LogP contribution in [0.3, 0.4) is 0 Å². The molecule has 0 radical (unpaired) electrons. The van der Waals surface area contributed by atoms with Crippen molar-refractivity contribution in [3.63, 3.8) is 0 Å². The first-order valence-electron chi connectivity index (χ1n) is 4.80. The van der Waals surface area contributed by atoms with Gasteiger partial charge in [-0.25, -0.2) is 0 Å². The van der Waals surface area contributed by atoms with Crippen molar-refractivity contribution in [3.8, 4) is 0 Å². The van der Waals surface area contributed by atoms with Crippen molar-refractivity contribution in [3.05, 3.63) is 11.8 Å². The van der Waals surface area contributed by atoms with Crippen LogP contribution in [0.2, 0.25) is 0 Å². The second kappa shape index (κ2) is 3.94. The summed E-state index contributed by atoms with van der Waals surface area (Å²) in [6, 6.07) is 0.672. The summed E-state index contributed by atoms with van der Waals surface area (Å²) in [6.45, 7) is 5.56. The Hall–Kier alpha value is -0.500. The second-order valence-electron chi connectivity index (χ2n) is 3.64. The smallest absolute Gasteiger partial charge is 0.0700 e. The van der Waals surface area contributed by atoms with Crippen molar-refractivity contribution in [2.75, 3.05) is 20.8 Å². The fourth-order valence-electron chi connectivity index (χ4n) is 2.04. The van der Waals surface area contributed by atoms with Gasteiger partial charge in [0.1, 0.15) is 0 Å². The van der Waals surface area contributed by atoms with Gasteiger partial charge < -0.3 is 4.90 Å². The number of hydrogen-bond donors (Lipinski definition) is 0. The van der Waals surface area contributed by atoms with E-state index in [0.29, 0.717) is 6.04 Å². The molecule has 0 N–H and O–H groups in total. The molecule has 1 rings (SSSR count). The maximum absolute atomic E-state index is 2.42. The molecule has 0 aliphatic carbocycles. The highest BCUT2D eigenvalue weighted by atomic mass is 15.3. The zero-order chi connectivity index (χ0) is 9.14. The van der Waals surface area contributed by atoms with Crippen LogP contribution in [-0.2, 0) is 0 Å². The van der Waals surface area contributed by atoms with Crippen LogP contribution in [0.4, 0.5) is 0 Å². The summed E-state index contributed by atoms with van der Waals surface area (Å²) >= 11 is 0. The van der Waals surface area contributed by atoms with E-state index in [-0.39, 0.29) is 0 Å². The number of nitrogens with zero attached hydrogens (tertiary/aromatic N) is 2. The SMILES string of the molecule is CCC1=CN(C)CN(C)C1CC. The summed E-state index contributed by atoms with van der Waals surface area (Å²) in [4.78, 5) is 4.67. The highest BCUT2D eigenvalue weighted by Gasteiger charge is 2.21. The molecule has 1 unspecified atom stereocenters. The summed E-state index contributed by atoms with van der Waals surface area (Å²) in [5.41, 5.74) is 1.56. The number of likely N-dealkylation sites (N-methyl/N-ethyl adjacent to an activating group) is 1. The summed E-state index contributed by atoms with van der Waals surface area (Å²) in [6.07, 6.45) is 4.70. The van der Waals surface area contributed by atoms with Crippen LogP contribution in [0.15, 0.2) is 11.8 Å². The van der Waals surface area contributed by atoms with Gasteiger partial charge in [-0.15, -0.1) is 0 Å². The lowest BCUT2D eigenvalue weighted by molar-refractivity contribution is 0.159. The van der Waals surface area contributed by atoms with E-state index in [0.717, 1.165) is 6.67 Å². The molecule has 0 aromatic heterocycles. The van der Waals surface area contributed by atoms with E-state index in [9.17, 15) is 0 Å². The Morgan fingerprint density at radius 1 is 1.42 bits per heavy atom. The Morgan fingerprint density at radius 3 is 2.58 bits per heavy atom. The molecule has 0 amide bonds. The Morgan fingerprint density at radius 2 is 2.08 bits per heavy atom. The van der Waals surface area contributed by atoms with E-state index in [1.54, 1.807) is 5.57 Å². The molecule has 1 aliphatic heterocycles. The van der Waals surface area contributed by atoms with Gasteiger partial charge in [-0.05, 0) is 25.5 Å². The minimum atomic E-state index is 0.672. The van der Waals surface area contributed by atoms with Crippen LogP contribution in [0.5, 0.6) is 0 Å². The Bertz CT molecular complexity index is 175. The molecular weight excluding hydrogens is 148 g/mol. The highest BCUT2D eigenvalue weighted by Crippen LogP contribution is 2.20. The van der Waals surface area contributed by atoms with Crippen LogP contribution in [0.1, 0.15) is 26.7 Å². The molecule has 1 aliphatic rings. The molecule has 70 valence electrons. The zero-order valence-electron chi connectivity index (χ0n) is 8.67. The Labute approximate surface area is 75.8 Å².